The summed E-state index contributed by atoms with van der Waals surface area (Å²) in [5.41, 5.74) is 1.22. The van der Waals surface area contributed by atoms with Crippen molar-refractivity contribution in [2.75, 3.05) is 0 Å². The van der Waals surface area contributed by atoms with Crippen molar-refractivity contribution in [1.29, 1.82) is 0 Å². The van der Waals surface area contributed by atoms with Gasteiger partial charge in [-0.3, -0.25) is 4.79 Å². The zero-order valence-corrected chi connectivity index (χ0v) is 9.20. The Balaban J connectivity index is 2.31. The molecule has 0 amide bonds. The molecule has 4 nitrogen and oxygen atoms in total. The summed E-state index contributed by atoms with van der Waals surface area (Å²) in [6.45, 7) is 0. The molecule has 0 aliphatic carbocycles. The highest BCUT2D eigenvalue weighted by Crippen LogP contribution is 2.19. The molecule has 0 atom stereocenters. The summed E-state index contributed by atoms with van der Waals surface area (Å²) in [5.74, 6) is 0. The molecule has 84 valence electrons. The Bertz CT molecular complexity index is 516. The molecule has 3 N–H and O–H groups in total. The molecule has 5 heteroatoms. The maximum absolute atomic E-state index is 11.1. The molecule has 1 aromatic carbocycles. The fraction of sp³-hybridized carbons (Fsp3) is 0.182. The van der Waals surface area contributed by atoms with Gasteiger partial charge in [-0.15, -0.1) is 0 Å². The molecule has 0 saturated heterocycles. The number of aliphatic hydroxyl groups is 2. The van der Waals surface area contributed by atoms with Crippen LogP contribution in [0, 0.1) is 0 Å². The van der Waals surface area contributed by atoms with E-state index in [2.05, 4.69) is 4.98 Å². The predicted octanol–water partition coefficient (Wildman–Crippen LogP) is 1.01. The molecule has 0 saturated carbocycles. The smallest absolute Gasteiger partial charge is 0.305 e. The number of H-pyrrole nitrogens is 1. The minimum atomic E-state index is -1.63. The molecular weight excluding hydrogens is 226 g/mol. The van der Waals surface area contributed by atoms with Crippen LogP contribution < -0.4 is 4.87 Å². The zero-order valence-electron chi connectivity index (χ0n) is 8.38. The van der Waals surface area contributed by atoms with E-state index in [1.165, 1.54) is 0 Å². The third-order valence-electron chi connectivity index (χ3n) is 2.22. The minimum Gasteiger partial charge on any atom is -0.363 e. The molecule has 0 aliphatic heterocycles. The monoisotopic (exact) mass is 237 g/mol. The molecular formula is C11H11NO3S. The highest BCUT2D eigenvalue weighted by molar-refractivity contribution is 7.09. The molecule has 0 bridgehead atoms. The van der Waals surface area contributed by atoms with Crippen LogP contribution in [0.3, 0.4) is 0 Å². The molecule has 2 aromatic rings. The van der Waals surface area contributed by atoms with Crippen LogP contribution >= 0.6 is 11.3 Å². The Hall–Kier alpha value is -1.43. The first-order valence-electron chi connectivity index (χ1n) is 4.79. The first-order chi connectivity index (χ1) is 7.66. The van der Waals surface area contributed by atoms with Gasteiger partial charge in [0.25, 0.3) is 0 Å². The van der Waals surface area contributed by atoms with Gasteiger partial charge in [-0.2, -0.15) is 0 Å². The van der Waals surface area contributed by atoms with E-state index in [9.17, 15) is 4.79 Å². The Labute approximate surface area is 95.8 Å². The lowest BCUT2D eigenvalue weighted by atomic mass is 10.1. The topological polar surface area (TPSA) is 73.3 Å². The Morgan fingerprint density at radius 2 is 1.94 bits per heavy atom. The Kier molecular flexibility index (Phi) is 3.19. The summed E-state index contributed by atoms with van der Waals surface area (Å²) >= 11 is 1.01. The number of aromatic amines is 1. The van der Waals surface area contributed by atoms with Crippen LogP contribution in [0.4, 0.5) is 0 Å². The number of thiazole rings is 1. The average molecular weight is 237 g/mol. The fourth-order valence-corrected chi connectivity index (χ4v) is 2.38. The van der Waals surface area contributed by atoms with E-state index in [-0.39, 0.29) is 10.6 Å². The fourth-order valence-electron chi connectivity index (χ4n) is 1.49. The number of rotatable bonds is 3. The molecule has 2 rings (SSSR count). The third-order valence-corrected chi connectivity index (χ3v) is 3.12. The van der Waals surface area contributed by atoms with Gasteiger partial charge >= 0.3 is 4.87 Å². The van der Waals surface area contributed by atoms with Gasteiger partial charge < -0.3 is 15.2 Å². The lowest BCUT2D eigenvalue weighted by molar-refractivity contribution is -0.0460. The third kappa shape index (κ3) is 2.38. The summed E-state index contributed by atoms with van der Waals surface area (Å²) in [6, 6.07) is 9.57. The molecule has 0 radical (unpaired) electrons. The summed E-state index contributed by atoms with van der Waals surface area (Å²) in [7, 11) is 0. The average Bonchev–Trinajstić information content (AvgIpc) is 2.61. The summed E-state index contributed by atoms with van der Waals surface area (Å²) in [6.07, 6.45) is -1.10. The number of hydrogen-bond donors (Lipinski definition) is 3. The van der Waals surface area contributed by atoms with Crippen molar-refractivity contribution in [1.82, 2.24) is 4.98 Å². The maximum atomic E-state index is 11.1. The van der Waals surface area contributed by atoms with Gasteiger partial charge in [-0.25, -0.2) is 0 Å². The van der Waals surface area contributed by atoms with E-state index in [1.807, 2.05) is 30.3 Å². The number of nitrogens with one attached hydrogen (secondary N) is 1. The first-order valence-corrected chi connectivity index (χ1v) is 5.60. The second-order valence-electron chi connectivity index (χ2n) is 3.39. The molecule has 0 aliphatic rings. The largest absolute Gasteiger partial charge is 0.363 e. The lowest BCUT2D eigenvalue weighted by Gasteiger charge is -2.04. The van der Waals surface area contributed by atoms with Crippen molar-refractivity contribution in [2.24, 2.45) is 0 Å². The standard InChI is InChI=1S/C11H11NO3S/c13-10(14)9-8(16-11(15)12-9)6-7-4-2-1-3-5-7/h1-5,10,13-14H,6H2,(H,12,15). The van der Waals surface area contributed by atoms with Gasteiger partial charge in [-0.1, -0.05) is 41.7 Å². The predicted molar refractivity (Wildman–Crippen MR) is 61.4 cm³/mol. The van der Waals surface area contributed by atoms with Gasteiger partial charge in [-0.05, 0) is 5.56 Å². The molecule has 1 heterocycles. The Morgan fingerprint density at radius 1 is 1.25 bits per heavy atom. The van der Waals surface area contributed by atoms with Crippen LogP contribution in [0.25, 0.3) is 0 Å². The molecule has 0 unspecified atom stereocenters. The molecule has 0 spiro atoms. The number of aromatic nitrogens is 1. The van der Waals surface area contributed by atoms with Gasteiger partial charge in [0, 0.05) is 11.3 Å². The van der Waals surface area contributed by atoms with Crippen LogP contribution in [0.2, 0.25) is 0 Å². The van der Waals surface area contributed by atoms with Crippen LogP contribution in [-0.2, 0) is 6.42 Å². The number of aliphatic hydroxyl groups excluding tert-OH is 1. The Morgan fingerprint density at radius 3 is 2.56 bits per heavy atom. The van der Waals surface area contributed by atoms with Crippen LogP contribution in [-0.4, -0.2) is 15.2 Å². The molecule has 1 aromatic heterocycles. The van der Waals surface area contributed by atoms with E-state index in [0.717, 1.165) is 16.9 Å². The van der Waals surface area contributed by atoms with Gasteiger partial charge in [0.05, 0.1) is 5.69 Å². The quantitative estimate of drug-likeness (QED) is 0.697. The highest BCUT2D eigenvalue weighted by Gasteiger charge is 2.14. The van der Waals surface area contributed by atoms with E-state index >= 15 is 0 Å². The van der Waals surface area contributed by atoms with Crippen molar-refractivity contribution >= 4 is 11.3 Å². The van der Waals surface area contributed by atoms with Crippen molar-refractivity contribution in [3.8, 4) is 0 Å². The molecule has 0 fully saturated rings. The summed E-state index contributed by atoms with van der Waals surface area (Å²) in [5, 5.41) is 18.2. The molecule has 16 heavy (non-hydrogen) atoms. The van der Waals surface area contributed by atoms with Crippen LogP contribution in [0.1, 0.15) is 22.4 Å². The minimum absolute atomic E-state index is 0.193. The van der Waals surface area contributed by atoms with Crippen molar-refractivity contribution < 1.29 is 10.2 Å². The van der Waals surface area contributed by atoms with E-state index < -0.39 is 6.29 Å². The maximum Gasteiger partial charge on any atom is 0.305 e. The summed E-state index contributed by atoms with van der Waals surface area (Å²) in [4.78, 5) is 14.0. The zero-order chi connectivity index (χ0) is 11.5. The first kappa shape index (κ1) is 11.1. The second kappa shape index (κ2) is 4.61. The van der Waals surface area contributed by atoms with Crippen LogP contribution in [0.5, 0.6) is 0 Å². The van der Waals surface area contributed by atoms with Gasteiger partial charge in [0.15, 0.2) is 6.29 Å². The highest BCUT2D eigenvalue weighted by atomic mass is 32.1. The SMILES string of the molecule is O=c1[nH]c(C(O)O)c(Cc2ccccc2)s1. The van der Waals surface area contributed by atoms with Gasteiger partial charge in [0.1, 0.15) is 0 Å². The van der Waals surface area contributed by atoms with Crippen molar-refractivity contribution in [3.05, 3.63) is 56.1 Å². The number of hydrogen-bond acceptors (Lipinski definition) is 4. The van der Waals surface area contributed by atoms with E-state index in [0.29, 0.717) is 11.3 Å². The van der Waals surface area contributed by atoms with Crippen LogP contribution in [0.15, 0.2) is 35.1 Å². The lowest BCUT2D eigenvalue weighted by Crippen LogP contribution is -2.02. The normalized spacial score (nSPS) is 10.9. The van der Waals surface area contributed by atoms with E-state index in [1.54, 1.807) is 0 Å². The second-order valence-corrected chi connectivity index (χ2v) is 4.46. The number of benzene rings is 1. The van der Waals surface area contributed by atoms with E-state index in [4.69, 9.17) is 10.2 Å². The van der Waals surface area contributed by atoms with Gasteiger partial charge in [0.2, 0.25) is 0 Å². The van der Waals surface area contributed by atoms with Crippen molar-refractivity contribution in [2.45, 2.75) is 12.7 Å². The van der Waals surface area contributed by atoms with Crippen molar-refractivity contribution in [3.63, 3.8) is 0 Å². The summed E-state index contributed by atoms with van der Waals surface area (Å²) < 4.78 is 0.